The zero-order chi connectivity index (χ0) is 22.0. The summed E-state index contributed by atoms with van der Waals surface area (Å²) in [6.07, 6.45) is 4.22. The van der Waals surface area contributed by atoms with Crippen LogP contribution in [0.25, 0.3) is 6.08 Å². The van der Waals surface area contributed by atoms with Gasteiger partial charge >= 0.3 is 11.9 Å². The highest BCUT2D eigenvalue weighted by Crippen LogP contribution is 2.40. The first-order chi connectivity index (χ1) is 14.9. The van der Waals surface area contributed by atoms with Gasteiger partial charge in [-0.25, -0.2) is 9.59 Å². The van der Waals surface area contributed by atoms with Crippen molar-refractivity contribution in [3.63, 3.8) is 0 Å². The van der Waals surface area contributed by atoms with Crippen LogP contribution in [-0.4, -0.2) is 24.8 Å². The van der Waals surface area contributed by atoms with Crippen molar-refractivity contribution in [2.75, 3.05) is 7.11 Å². The summed E-state index contributed by atoms with van der Waals surface area (Å²) in [5, 5.41) is 0.605. The molecule has 1 saturated heterocycles. The van der Waals surface area contributed by atoms with Gasteiger partial charge < -0.3 is 18.9 Å². The molecule has 6 nitrogen and oxygen atoms in total. The first-order valence-corrected chi connectivity index (χ1v) is 11.0. The van der Waals surface area contributed by atoms with Crippen molar-refractivity contribution >= 4 is 45.5 Å². The number of hydrogen-bond donors (Lipinski definition) is 0. The van der Waals surface area contributed by atoms with Crippen LogP contribution >= 0.6 is 27.5 Å². The Hall–Kier alpha value is -2.51. The van der Waals surface area contributed by atoms with Crippen molar-refractivity contribution in [1.29, 1.82) is 0 Å². The molecule has 1 saturated carbocycles. The number of methoxy groups -OCH3 is 1. The minimum absolute atomic E-state index is 0.156. The molecule has 2 aromatic rings. The highest BCUT2D eigenvalue weighted by atomic mass is 79.9. The van der Waals surface area contributed by atoms with Crippen LogP contribution in [0.1, 0.15) is 36.8 Å². The summed E-state index contributed by atoms with van der Waals surface area (Å²) in [4.78, 5) is 25.0. The number of carbonyl (C=O) groups excluding carboxylic acids is 2. The van der Waals surface area contributed by atoms with Gasteiger partial charge in [0.25, 0.3) is 5.79 Å². The summed E-state index contributed by atoms with van der Waals surface area (Å²) in [5.41, 5.74) is 1.23. The monoisotopic (exact) mass is 506 g/mol. The molecule has 1 aliphatic carbocycles. The van der Waals surface area contributed by atoms with E-state index in [9.17, 15) is 9.59 Å². The molecule has 0 radical (unpaired) electrons. The fourth-order valence-corrected chi connectivity index (χ4v) is 4.45. The van der Waals surface area contributed by atoms with Gasteiger partial charge in [0.2, 0.25) is 0 Å². The Kier molecular flexibility index (Phi) is 6.25. The zero-order valence-electron chi connectivity index (χ0n) is 16.8. The topological polar surface area (TPSA) is 71.1 Å². The number of rotatable bonds is 5. The van der Waals surface area contributed by atoms with Gasteiger partial charge in [0, 0.05) is 23.4 Å². The summed E-state index contributed by atoms with van der Waals surface area (Å²) in [6, 6.07) is 10.8. The molecule has 2 fully saturated rings. The first kappa shape index (κ1) is 21.7. The normalized spacial score (nSPS) is 17.3. The maximum absolute atomic E-state index is 12.5. The van der Waals surface area contributed by atoms with Gasteiger partial charge in [-0.15, -0.1) is 0 Å². The van der Waals surface area contributed by atoms with Crippen molar-refractivity contribution in [2.24, 2.45) is 0 Å². The lowest BCUT2D eigenvalue weighted by atomic mass is 10.1. The van der Waals surface area contributed by atoms with Crippen LogP contribution in [-0.2, 0) is 25.7 Å². The minimum atomic E-state index is -1.10. The molecule has 2 aliphatic rings. The van der Waals surface area contributed by atoms with Crippen molar-refractivity contribution in [1.82, 2.24) is 0 Å². The molecular weight excluding hydrogens is 488 g/mol. The predicted octanol–water partition coefficient (Wildman–Crippen LogP) is 5.44. The van der Waals surface area contributed by atoms with Crippen LogP contribution in [0.3, 0.4) is 0 Å². The summed E-state index contributed by atoms with van der Waals surface area (Å²) in [6.45, 7) is 0.246. The molecule has 162 valence electrons. The van der Waals surface area contributed by atoms with Crippen molar-refractivity contribution in [3.8, 4) is 11.5 Å². The van der Waals surface area contributed by atoms with Crippen LogP contribution in [0.15, 0.2) is 46.4 Å². The molecule has 1 spiro atoms. The SMILES string of the molecule is COc1cc(C=C2C(=O)OC3(CCCC3)OC2=O)cc(Br)c1OCc1ccccc1Cl. The lowest BCUT2D eigenvalue weighted by Crippen LogP contribution is -2.44. The second kappa shape index (κ2) is 8.93. The van der Waals surface area contributed by atoms with E-state index in [1.165, 1.54) is 13.2 Å². The van der Waals surface area contributed by atoms with Crippen molar-refractivity contribution in [2.45, 2.75) is 38.1 Å². The number of carbonyl (C=O) groups is 2. The third kappa shape index (κ3) is 4.57. The molecule has 31 heavy (non-hydrogen) atoms. The lowest BCUT2D eigenvalue weighted by Gasteiger charge is -2.32. The molecule has 0 aromatic heterocycles. The summed E-state index contributed by atoms with van der Waals surface area (Å²) >= 11 is 9.67. The second-order valence-electron chi connectivity index (χ2n) is 7.37. The largest absolute Gasteiger partial charge is 0.493 e. The molecular formula is C23H20BrClO6. The van der Waals surface area contributed by atoms with Crippen molar-refractivity contribution < 1.29 is 28.5 Å². The third-order valence-corrected chi connectivity index (χ3v) is 6.21. The average Bonchev–Trinajstić information content (AvgIpc) is 3.18. The number of esters is 2. The second-order valence-corrected chi connectivity index (χ2v) is 8.63. The van der Waals surface area contributed by atoms with Gasteiger partial charge in [-0.2, -0.15) is 0 Å². The molecule has 8 heteroatoms. The number of ether oxygens (including phenoxy) is 4. The Morgan fingerprint density at radius 2 is 1.81 bits per heavy atom. The van der Waals surface area contributed by atoms with E-state index in [0.29, 0.717) is 39.4 Å². The minimum Gasteiger partial charge on any atom is -0.493 e. The molecule has 0 N–H and O–H groups in total. The maximum atomic E-state index is 12.5. The van der Waals surface area contributed by atoms with Crippen LogP contribution in [0.2, 0.25) is 5.02 Å². The molecule has 1 heterocycles. The number of benzene rings is 2. The molecule has 1 aliphatic heterocycles. The Morgan fingerprint density at radius 1 is 1.13 bits per heavy atom. The fourth-order valence-electron chi connectivity index (χ4n) is 3.68. The maximum Gasteiger partial charge on any atom is 0.348 e. The van der Waals surface area contributed by atoms with Gasteiger partial charge in [0.15, 0.2) is 11.5 Å². The average molecular weight is 508 g/mol. The van der Waals surface area contributed by atoms with E-state index in [1.54, 1.807) is 18.2 Å². The number of hydrogen-bond acceptors (Lipinski definition) is 6. The van der Waals surface area contributed by atoms with Crippen molar-refractivity contribution in [3.05, 3.63) is 62.6 Å². The van der Waals surface area contributed by atoms with E-state index < -0.39 is 17.7 Å². The molecule has 4 rings (SSSR count). The molecule has 0 unspecified atom stereocenters. The van der Waals surface area contributed by atoms with E-state index in [-0.39, 0.29) is 12.2 Å². The third-order valence-electron chi connectivity index (χ3n) is 5.26. The van der Waals surface area contributed by atoms with E-state index in [4.69, 9.17) is 30.5 Å². The summed E-state index contributed by atoms with van der Waals surface area (Å²) < 4.78 is 22.9. The van der Waals surface area contributed by atoms with Gasteiger partial charge in [0.1, 0.15) is 12.2 Å². The van der Waals surface area contributed by atoms with E-state index in [2.05, 4.69) is 15.9 Å². The highest BCUT2D eigenvalue weighted by Gasteiger charge is 2.47. The first-order valence-electron chi connectivity index (χ1n) is 9.83. The molecule has 0 amide bonds. The quantitative estimate of drug-likeness (QED) is 0.305. The van der Waals surface area contributed by atoms with E-state index in [1.807, 2.05) is 18.2 Å². The van der Waals surface area contributed by atoms with E-state index in [0.717, 1.165) is 18.4 Å². The summed E-state index contributed by atoms with van der Waals surface area (Å²) in [5.74, 6) is -1.54. The van der Waals surface area contributed by atoms with Crippen LogP contribution in [0, 0.1) is 0 Å². The Balaban J connectivity index is 1.57. The van der Waals surface area contributed by atoms with Crippen LogP contribution < -0.4 is 9.47 Å². The predicted molar refractivity (Wildman–Crippen MR) is 118 cm³/mol. The summed E-state index contributed by atoms with van der Waals surface area (Å²) in [7, 11) is 1.51. The molecule has 0 atom stereocenters. The molecule has 2 aromatic carbocycles. The van der Waals surface area contributed by atoms with Gasteiger partial charge in [0.05, 0.1) is 11.6 Å². The Labute approximate surface area is 193 Å². The van der Waals surface area contributed by atoms with Gasteiger partial charge in [-0.05, 0) is 58.6 Å². The van der Waals surface area contributed by atoms with E-state index >= 15 is 0 Å². The smallest absolute Gasteiger partial charge is 0.348 e. The van der Waals surface area contributed by atoms with Crippen LogP contribution in [0.4, 0.5) is 0 Å². The van der Waals surface area contributed by atoms with Gasteiger partial charge in [-0.3, -0.25) is 0 Å². The molecule has 0 bridgehead atoms. The van der Waals surface area contributed by atoms with Gasteiger partial charge in [-0.1, -0.05) is 29.8 Å². The Morgan fingerprint density at radius 3 is 2.45 bits per heavy atom. The lowest BCUT2D eigenvalue weighted by molar-refractivity contribution is -0.232. The highest BCUT2D eigenvalue weighted by molar-refractivity contribution is 9.10. The number of halogens is 2. The fraction of sp³-hybridized carbons (Fsp3) is 0.304. The van der Waals surface area contributed by atoms with Crippen LogP contribution in [0.5, 0.6) is 11.5 Å². The zero-order valence-corrected chi connectivity index (χ0v) is 19.1. The standard InChI is InChI=1S/C23H20BrClO6/c1-28-19-12-14(10-16-21(26)30-23(31-22(16)27)8-4-5-9-23)11-17(24)20(19)29-13-15-6-2-3-7-18(15)25/h2-3,6-7,10-12H,4-5,8-9,13H2,1H3. The Bertz CT molecular complexity index is 1040.